The fourth-order valence-electron chi connectivity index (χ4n) is 3.78. The van der Waals surface area contributed by atoms with Crippen LogP contribution in [0.5, 0.6) is 5.75 Å². The van der Waals surface area contributed by atoms with E-state index in [-0.39, 0.29) is 5.41 Å². The molecule has 0 spiro atoms. The molecule has 1 fully saturated rings. The van der Waals surface area contributed by atoms with Gasteiger partial charge in [0.15, 0.2) is 0 Å². The quantitative estimate of drug-likeness (QED) is 0.666. The third-order valence-corrected chi connectivity index (χ3v) is 6.50. The largest absolute Gasteiger partial charge is 0.493 e. The molecule has 3 rings (SSSR count). The highest BCUT2D eigenvalue weighted by Crippen LogP contribution is 2.59. The Hall–Kier alpha value is -0.500. The van der Waals surface area contributed by atoms with E-state index in [1.54, 1.807) is 0 Å². The summed E-state index contributed by atoms with van der Waals surface area (Å²) < 4.78 is 7.34. The molecule has 1 saturated carbocycles. The molecule has 3 atom stereocenters. The number of ether oxygens (including phenoxy) is 1. The summed E-state index contributed by atoms with van der Waals surface area (Å²) in [6.45, 7) is 10.2. The van der Waals surface area contributed by atoms with Crippen LogP contribution in [0, 0.1) is 18.3 Å². The Kier molecular flexibility index (Phi) is 2.61. The second-order valence-corrected chi connectivity index (χ2v) is 7.53. The first-order valence-electron chi connectivity index (χ1n) is 6.80. The molecular formula is C16H21BrO. The Morgan fingerprint density at radius 3 is 2.72 bits per heavy atom. The molecule has 0 saturated heterocycles. The van der Waals surface area contributed by atoms with E-state index in [4.69, 9.17) is 4.74 Å². The zero-order valence-electron chi connectivity index (χ0n) is 11.6. The number of hydrogen-bond donors (Lipinski definition) is 0. The third kappa shape index (κ3) is 1.51. The molecule has 1 aliphatic carbocycles. The maximum atomic E-state index is 6.14. The predicted octanol–water partition coefficient (Wildman–Crippen LogP) is 4.84. The number of halogens is 1. The lowest BCUT2D eigenvalue weighted by Gasteiger charge is -2.34. The zero-order chi connectivity index (χ0) is 13.1. The minimum Gasteiger partial charge on any atom is -0.493 e. The second-order valence-electron chi connectivity index (χ2n) is 6.68. The fourth-order valence-corrected chi connectivity index (χ4v) is 4.12. The molecule has 1 aromatic rings. The summed E-state index contributed by atoms with van der Waals surface area (Å²) in [5, 5.41) is 0. The smallest absolute Gasteiger partial charge is 0.123 e. The first kappa shape index (κ1) is 12.5. The number of hydrogen-bond acceptors (Lipinski definition) is 1. The summed E-state index contributed by atoms with van der Waals surface area (Å²) in [7, 11) is 0. The summed E-state index contributed by atoms with van der Waals surface area (Å²) >= 11 is 3.67. The first-order chi connectivity index (χ1) is 8.37. The summed E-state index contributed by atoms with van der Waals surface area (Å²) in [4.78, 5) is 0. The van der Waals surface area contributed by atoms with Gasteiger partial charge in [-0.15, -0.1) is 0 Å². The summed E-state index contributed by atoms with van der Waals surface area (Å²) in [6, 6.07) is 4.49. The van der Waals surface area contributed by atoms with Gasteiger partial charge in [-0.3, -0.25) is 0 Å². The third-order valence-electron chi connectivity index (χ3n) is 5.65. The molecule has 0 aromatic heterocycles. The van der Waals surface area contributed by atoms with Crippen molar-refractivity contribution in [3.05, 3.63) is 27.7 Å². The molecular weight excluding hydrogens is 288 g/mol. The van der Waals surface area contributed by atoms with E-state index < -0.39 is 0 Å². The van der Waals surface area contributed by atoms with E-state index in [9.17, 15) is 0 Å². The van der Waals surface area contributed by atoms with Crippen molar-refractivity contribution in [2.24, 2.45) is 11.3 Å². The summed E-state index contributed by atoms with van der Waals surface area (Å²) in [6.07, 6.45) is 2.55. The summed E-state index contributed by atoms with van der Waals surface area (Å²) in [5.41, 5.74) is 3.24. The van der Waals surface area contributed by atoms with E-state index in [2.05, 4.69) is 55.8 Å². The lowest BCUT2D eigenvalue weighted by Crippen LogP contribution is -2.33. The number of aryl methyl sites for hydroxylation is 1. The topological polar surface area (TPSA) is 9.23 Å². The Morgan fingerprint density at radius 2 is 2.00 bits per heavy atom. The van der Waals surface area contributed by atoms with Gasteiger partial charge in [-0.05, 0) is 48.8 Å². The van der Waals surface area contributed by atoms with E-state index in [0.717, 1.165) is 12.4 Å². The van der Waals surface area contributed by atoms with Crippen LogP contribution in [0.3, 0.4) is 0 Å². The normalized spacial score (nSPS) is 37.9. The maximum absolute atomic E-state index is 6.14. The first-order valence-corrected chi connectivity index (χ1v) is 7.59. The van der Waals surface area contributed by atoms with Gasteiger partial charge >= 0.3 is 0 Å². The lowest BCUT2D eigenvalue weighted by molar-refractivity contribution is 0.124. The SMILES string of the molecule is Cc1cc2c(cc1Br)[C@]1(C)CC[C@](C)(CO2)[C@@H]1C. The molecule has 0 N–H and O–H groups in total. The van der Waals surface area contributed by atoms with Gasteiger partial charge < -0.3 is 4.74 Å². The molecule has 18 heavy (non-hydrogen) atoms. The van der Waals surface area contributed by atoms with Gasteiger partial charge in [0, 0.05) is 15.5 Å². The van der Waals surface area contributed by atoms with Gasteiger partial charge in [0.2, 0.25) is 0 Å². The summed E-state index contributed by atoms with van der Waals surface area (Å²) in [5.74, 6) is 1.77. The molecule has 1 aliphatic heterocycles. The van der Waals surface area contributed by atoms with Crippen molar-refractivity contribution < 1.29 is 4.74 Å². The van der Waals surface area contributed by atoms with Crippen LogP contribution in [0.4, 0.5) is 0 Å². The maximum Gasteiger partial charge on any atom is 0.123 e. The fraction of sp³-hybridized carbons (Fsp3) is 0.625. The Bertz CT molecular complexity index is 510. The molecule has 98 valence electrons. The number of fused-ring (bicyclic) bond motifs is 4. The molecule has 2 aliphatic rings. The van der Waals surface area contributed by atoms with Crippen LogP contribution in [0.2, 0.25) is 0 Å². The van der Waals surface area contributed by atoms with Crippen molar-refractivity contribution in [1.29, 1.82) is 0 Å². The standard InChI is InChI=1S/C16H21BrO/c1-10-7-14-12(8-13(10)17)16(4)6-5-15(3,9-18-14)11(16)2/h7-8,11H,5-6,9H2,1-4H3/t11-,15+,16+/m0/s1. The Labute approximate surface area is 118 Å². The van der Waals surface area contributed by atoms with Crippen molar-refractivity contribution in [3.8, 4) is 5.75 Å². The molecule has 0 unspecified atom stereocenters. The van der Waals surface area contributed by atoms with Crippen LogP contribution in [-0.2, 0) is 5.41 Å². The molecule has 2 heteroatoms. The monoisotopic (exact) mass is 308 g/mol. The zero-order valence-corrected chi connectivity index (χ0v) is 13.2. The Balaban J connectivity index is 2.22. The number of benzene rings is 1. The highest BCUT2D eigenvalue weighted by Gasteiger charge is 2.53. The van der Waals surface area contributed by atoms with E-state index in [0.29, 0.717) is 11.3 Å². The minimum atomic E-state index is 0.261. The second kappa shape index (κ2) is 3.75. The van der Waals surface area contributed by atoms with Crippen LogP contribution < -0.4 is 4.74 Å². The van der Waals surface area contributed by atoms with Gasteiger partial charge in [-0.1, -0.05) is 36.7 Å². The van der Waals surface area contributed by atoms with Gasteiger partial charge in [0.05, 0.1) is 6.61 Å². The van der Waals surface area contributed by atoms with Crippen molar-refractivity contribution in [2.45, 2.75) is 46.0 Å². The van der Waals surface area contributed by atoms with Gasteiger partial charge in [-0.25, -0.2) is 0 Å². The highest BCUT2D eigenvalue weighted by molar-refractivity contribution is 9.10. The lowest BCUT2D eigenvalue weighted by atomic mass is 9.69. The van der Waals surface area contributed by atoms with Crippen molar-refractivity contribution in [1.82, 2.24) is 0 Å². The van der Waals surface area contributed by atoms with Crippen molar-refractivity contribution in [2.75, 3.05) is 6.61 Å². The molecule has 2 bridgehead atoms. The molecule has 1 nitrogen and oxygen atoms in total. The molecule has 0 amide bonds. The van der Waals surface area contributed by atoms with Crippen LogP contribution >= 0.6 is 15.9 Å². The van der Waals surface area contributed by atoms with E-state index in [1.165, 1.54) is 28.4 Å². The van der Waals surface area contributed by atoms with Gasteiger partial charge in [-0.2, -0.15) is 0 Å². The molecule has 0 radical (unpaired) electrons. The average Bonchev–Trinajstić information content (AvgIpc) is 2.52. The van der Waals surface area contributed by atoms with Crippen molar-refractivity contribution in [3.63, 3.8) is 0 Å². The van der Waals surface area contributed by atoms with Crippen LogP contribution in [0.15, 0.2) is 16.6 Å². The van der Waals surface area contributed by atoms with Crippen LogP contribution in [-0.4, -0.2) is 6.61 Å². The highest BCUT2D eigenvalue weighted by atomic mass is 79.9. The Morgan fingerprint density at radius 1 is 1.28 bits per heavy atom. The number of rotatable bonds is 0. The molecule has 1 heterocycles. The van der Waals surface area contributed by atoms with Crippen molar-refractivity contribution >= 4 is 15.9 Å². The predicted molar refractivity (Wildman–Crippen MR) is 78.2 cm³/mol. The van der Waals surface area contributed by atoms with Crippen LogP contribution in [0.25, 0.3) is 0 Å². The van der Waals surface area contributed by atoms with Gasteiger partial charge in [0.1, 0.15) is 5.75 Å². The minimum absolute atomic E-state index is 0.261. The van der Waals surface area contributed by atoms with E-state index >= 15 is 0 Å². The van der Waals surface area contributed by atoms with Crippen LogP contribution in [0.1, 0.15) is 44.7 Å². The average molecular weight is 309 g/mol. The van der Waals surface area contributed by atoms with E-state index in [1.807, 2.05) is 0 Å². The molecule has 1 aromatic carbocycles. The van der Waals surface area contributed by atoms with Gasteiger partial charge in [0.25, 0.3) is 0 Å².